The standard InChI is InChI=1S/C27H27FN2O5/c1-2-34-26(31)21-6-4-8-24(15-21)29-27(32)30-11-12-35-25-10-9-20(13-22(25)16-30)18-33-17-19-5-3-7-23(28)14-19/h3-10,13-15H,2,11-12,16-18H2,1H3,(H,29,32). The molecule has 0 saturated carbocycles. The number of fused-ring (bicyclic) bond motifs is 1. The second kappa shape index (κ2) is 11.5. The lowest BCUT2D eigenvalue weighted by Crippen LogP contribution is -2.36. The summed E-state index contributed by atoms with van der Waals surface area (Å²) in [7, 11) is 0. The largest absolute Gasteiger partial charge is 0.491 e. The number of carbonyl (C=O) groups is 2. The maximum atomic E-state index is 13.3. The predicted molar refractivity (Wildman–Crippen MR) is 129 cm³/mol. The molecule has 1 N–H and O–H groups in total. The Bertz CT molecular complexity index is 1200. The number of benzene rings is 3. The lowest BCUT2D eigenvalue weighted by atomic mass is 10.1. The van der Waals surface area contributed by atoms with E-state index in [1.807, 2.05) is 24.3 Å². The van der Waals surface area contributed by atoms with Crippen LogP contribution in [-0.4, -0.2) is 36.7 Å². The number of esters is 1. The third-order valence-electron chi connectivity index (χ3n) is 5.44. The van der Waals surface area contributed by atoms with Crippen molar-refractivity contribution in [1.29, 1.82) is 0 Å². The first kappa shape index (κ1) is 24.2. The highest BCUT2D eigenvalue weighted by molar-refractivity contribution is 5.94. The molecule has 2 amide bonds. The molecule has 0 aromatic heterocycles. The van der Waals surface area contributed by atoms with E-state index in [9.17, 15) is 14.0 Å². The fourth-order valence-corrected chi connectivity index (χ4v) is 3.77. The minimum atomic E-state index is -0.437. The van der Waals surface area contributed by atoms with Gasteiger partial charge in [0.25, 0.3) is 0 Å². The Hall–Kier alpha value is -3.91. The molecule has 1 aliphatic rings. The summed E-state index contributed by atoms with van der Waals surface area (Å²) < 4.78 is 29.9. The normalized spacial score (nSPS) is 12.8. The van der Waals surface area contributed by atoms with Gasteiger partial charge in [0.15, 0.2) is 0 Å². The molecule has 0 unspecified atom stereocenters. The van der Waals surface area contributed by atoms with Crippen molar-refractivity contribution in [2.24, 2.45) is 0 Å². The van der Waals surface area contributed by atoms with Crippen LogP contribution in [0.1, 0.15) is 34.0 Å². The molecular weight excluding hydrogens is 451 g/mol. The maximum absolute atomic E-state index is 13.3. The molecule has 182 valence electrons. The number of rotatable bonds is 7. The Kier molecular flexibility index (Phi) is 7.95. The van der Waals surface area contributed by atoms with Gasteiger partial charge in [0.2, 0.25) is 0 Å². The molecule has 0 fully saturated rings. The first-order valence-electron chi connectivity index (χ1n) is 11.4. The van der Waals surface area contributed by atoms with E-state index in [2.05, 4.69) is 5.32 Å². The minimum Gasteiger partial charge on any atom is -0.491 e. The van der Waals surface area contributed by atoms with Crippen molar-refractivity contribution in [3.05, 3.63) is 94.8 Å². The van der Waals surface area contributed by atoms with Crippen LogP contribution >= 0.6 is 0 Å². The van der Waals surface area contributed by atoms with E-state index in [0.717, 1.165) is 22.4 Å². The lowest BCUT2D eigenvalue weighted by molar-refractivity contribution is 0.0526. The van der Waals surface area contributed by atoms with Gasteiger partial charge in [0.1, 0.15) is 18.2 Å². The maximum Gasteiger partial charge on any atom is 0.338 e. The average Bonchev–Trinajstić information content (AvgIpc) is 3.07. The minimum absolute atomic E-state index is 0.278. The third-order valence-corrected chi connectivity index (χ3v) is 5.44. The van der Waals surface area contributed by atoms with Gasteiger partial charge in [-0.25, -0.2) is 14.0 Å². The zero-order chi connectivity index (χ0) is 24.6. The number of hydrogen-bond donors (Lipinski definition) is 1. The Morgan fingerprint density at radius 2 is 1.83 bits per heavy atom. The summed E-state index contributed by atoms with van der Waals surface area (Å²) in [6.07, 6.45) is 0. The Morgan fingerprint density at radius 1 is 1.03 bits per heavy atom. The number of ether oxygens (including phenoxy) is 3. The molecule has 0 atom stereocenters. The number of nitrogens with zero attached hydrogens (tertiary/aromatic N) is 1. The number of carbonyl (C=O) groups excluding carboxylic acids is 2. The number of nitrogens with one attached hydrogen (secondary N) is 1. The number of anilines is 1. The molecule has 0 aliphatic carbocycles. The third kappa shape index (κ3) is 6.58. The van der Waals surface area contributed by atoms with Gasteiger partial charge in [-0.3, -0.25) is 0 Å². The SMILES string of the molecule is CCOC(=O)c1cccc(NC(=O)N2CCOc3ccc(COCc4cccc(F)c4)cc3C2)c1. The smallest absolute Gasteiger partial charge is 0.338 e. The van der Waals surface area contributed by atoms with E-state index >= 15 is 0 Å². The van der Waals surface area contributed by atoms with Gasteiger partial charge in [-0.1, -0.05) is 24.3 Å². The summed E-state index contributed by atoms with van der Waals surface area (Å²) in [6.45, 7) is 3.78. The van der Waals surface area contributed by atoms with Crippen LogP contribution < -0.4 is 10.1 Å². The Morgan fingerprint density at radius 3 is 2.63 bits per heavy atom. The van der Waals surface area contributed by atoms with Gasteiger partial charge in [-0.15, -0.1) is 0 Å². The average molecular weight is 479 g/mol. The van der Waals surface area contributed by atoms with Crippen LogP contribution in [0.25, 0.3) is 0 Å². The highest BCUT2D eigenvalue weighted by atomic mass is 19.1. The summed E-state index contributed by atoms with van der Waals surface area (Å²) in [5.74, 6) is -0.00870. The second-order valence-corrected chi connectivity index (χ2v) is 8.07. The fourth-order valence-electron chi connectivity index (χ4n) is 3.77. The van der Waals surface area contributed by atoms with E-state index in [0.29, 0.717) is 44.2 Å². The first-order valence-corrected chi connectivity index (χ1v) is 11.4. The number of urea groups is 1. The molecule has 0 spiro atoms. The van der Waals surface area contributed by atoms with Gasteiger partial charge < -0.3 is 24.4 Å². The van der Waals surface area contributed by atoms with Crippen molar-refractivity contribution < 1.29 is 28.2 Å². The van der Waals surface area contributed by atoms with Crippen LogP contribution in [0.3, 0.4) is 0 Å². The molecule has 3 aromatic carbocycles. The number of hydrogen-bond acceptors (Lipinski definition) is 5. The van der Waals surface area contributed by atoms with Crippen LogP contribution in [0.2, 0.25) is 0 Å². The molecule has 1 aliphatic heterocycles. The summed E-state index contributed by atoms with van der Waals surface area (Å²) in [4.78, 5) is 26.6. The fraction of sp³-hybridized carbons (Fsp3) is 0.259. The van der Waals surface area contributed by atoms with Crippen molar-refractivity contribution in [3.8, 4) is 5.75 Å². The quantitative estimate of drug-likeness (QED) is 0.476. The summed E-state index contributed by atoms with van der Waals surface area (Å²) >= 11 is 0. The van der Waals surface area contributed by atoms with Gasteiger partial charge in [-0.2, -0.15) is 0 Å². The number of amides is 2. The molecular formula is C27H27FN2O5. The van der Waals surface area contributed by atoms with Crippen molar-refractivity contribution in [3.63, 3.8) is 0 Å². The van der Waals surface area contributed by atoms with E-state index < -0.39 is 5.97 Å². The monoisotopic (exact) mass is 478 g/mol. The van der Waals surface area contributed by atoms with Crippen LogP contribution in [0.15, 0.2) is 66.7 Å². The zero-order valence-electron chi connectivity index (χ0n) is 19.5. The van der Waals surface area contributed by atoms with Gasteiger partial charge in [0.05, 0.1) is 38.5 Å². The van der Waals surface area contributed by atoms with Gasteiger partial charge >= 0.3 is 12.0 Å². The Labute approximate surface area is 203 Å². The van der Waals surface area contributed by atoms with E-state index in [4.69, 9.17) is 14.2 Å². The van der Waals surface area contributed by atoms with Crippen molar-refractivity contribution in [2.75, 3.05) is 25.1 Å². The van der Waals surface area contributed by atoms with Crippen LogP contribution in [0.4, 0.5) is 14.9 Å². The second-order valence-electron chi connectivity index (χ2n) is 8.07. The first-order chi connectivity index (χ1) is 17.0. The van der Waals surface area contributed by atoms with Crippen LogP contribution in [-0.2, 0) is 29.2 Å². The molecule has 35 heavy (non-hydrogen) atoms. The highest BCUT2D eigenvalue weighted by Gasteiger charge is 2.21. The van der Waals surface area contributed by atoms with Gasteiger partial charge in [0, 0.05) is 11.3 Å². The molecule has 7 nitrogen and oxygen atoms in total. The van der Waals surface area contributed by atoms with Crippen LogP contribution in [0.5, 0.6) is 5.75 Å². The van der Waals surface area contributed by atoms with Crippen molar-refractivity contribution in [2.45, 2.75) is 26.7 Å². The molecule has 8 heteroatoms. The van der Waals surface area contributed by atoms with E-state index in [1.54, 1.807) is 42.2 Å². The summed E-state index contributed by atoms with van der Waals surface area (Å²) in [5.41, 5.74) is 3.43. The molecule has 0 saturated heterocycles. The molecule has 0 radical (unpaired) electrons. The zero-order valence-corrected chi connectivity index (χ0v) is 19.5. The molecule has 1 heterocycles. The summed E-state index contributed by atoms with van der Waals surface area (Å²) in [5, 5.41) is 2.85. The molecule has 3 aromatic rings. The Balaban J connectivity index is 1.39. The van der Waals surface area contributed by atoms with E-state index in [-0.39, 0.29) is 18.5 Å². The summed E-state index contributed by atoms with van der Waals surface area (Å²) in [6, 6.07) is 18.4. The molecule has 0 bridgehead atoms. The predicted octanol–water partition coefficient (Wildman–Crippen LogP) is 5.15. The topological polar surface area (TPSA) is 77.1 Å². The van der Waals surface area contributed by atoms with Crippen LogP contribution in [0, 0.1) is 5.82 Å². The lowest BCUT2D eigenvalue weighted by Gasteiger charge is -2.21. The van der Waals surface area contributed by atoms with E-state index in [1.165, 1.54) is 12.1 Å². The highest BCUT2D eigenvalue weighted by Crippen LogP contribution is 2.25. The van der Waals surface area contributed by atoms with Gasteiger partial charge in [-0.05, 0) is 60.5 Å². The molecule has 4 rings (SSSR count). The number of halogens is 1. The van der Waals surface area contributed by atoms with Crippen molar-refractivity contribution >= 4 is 17.7 Å². The van der Waals surface area contributed by atoms with Crippen molar-refractivity contribution in [1.82, 2.24) is 4.90 Å².